The smallest absolute Gasteiger partial charge is 0.320 e. The summed E-state index contributed by atoms with van der Waals surface area (Å²) < 4.78 is 0. The molecule has 0 aromatic heterocycles. The molecule has 0 radical (unpaired) electrons. The maximum absolute atomic E-state index is 11.4. The molecule has 14 heavy (non-hydrogen) atoms. The average molecular weight is 202 g/mol. The molecule has 0 aromatic rings. The van der Waals surface area contributed by atoms with Crippen LogP contribution in [-0.2, 0) is 9.59 Å². The maximum atomic E-state index is 11.4. The molecule has 1 atom stereocenters. The molecule has 2 N–H and O–H groups in total. The van der Waals surface area contributed by atoms with E-state index in [0.29, 0.717) is 0 Å². The van der Waals surface area contributed by atoms with Crippen LogP contribution in [0.1, 0.15) is 20.8 Å². The van der Waals surface area contributed by atoms with Gasteiger partial charge in [-0.3, -0.25) is 14.9 Å². The Balaban J connectivity index is 3.91. The van der Waals surface area contributed by atoms with Gasteiger partial charge in [-0.2, -0.15) is 0 Å². The molecule has 0 aliphatic carbocycles. The van der Waals surface area contributed by atoms with Gasteiger partial charge in [0.25, 0.3) is 0 Å². The molecule has 0 aromatic carbocycles. The van der Waals surface area contributed by atoms with E-state index in [4.69, 9.17) is 5.11 Å². The summed E-state index contributed by atoms with van der Waals surface area (Å²) in [6, 6.07) is -0.566. The number of rotatable bonds is 5. The Morgan fingerprint density at radius 1 is 1.36 bits per heavy atom. The predicted molar refractivity (Wildman–Crippen MR) is 53.0 cm³/mol. The largest absolute Gasteiger partial charge is 0.480 e. The lowest BCUT2D eigenvalue weighted by molar-refractivity contribution is -0.139. The van der Waals surface area contributed by atoms with Gasteiger partial charge in [0.2, 0.25) is 5.91 Å². The quantitative estimate of drug-likeness (QED) is 0.654. The van der Waals surface area contributed by atoms with E-state index < -0.39 is 12.0 Å². The van der Waals surface area contributed by atoms with E-state index in [1.165, 1.54) is 6.92 Å². The summed E-state index contributed by atoms with van der Waals surface area (Å²) >= 11 is 0. The minimum atomic E-state index is -0.954. The molecule has 5 nitrogen and oxygen atoms in total. The van der Waals surface area contributed by atoms with Crippen molar-refractivity contribution in [3.05, 3.63) is 0 Å². The molecule has 0 spiro atoms. The van der Waals surface area contributed by atoms with Crippen molar-refractivity contribution in [3.63, 3.8) is 0 Å². The maximum Gasteiger partial charge on any atom is 0.320 e. The first-order valence-electron chi connectivity index (χ1n) is 4.58. The number of carboxylic acids is 1. The van der Waals surface area contributed by atoms with Gasteiger partial charge in [0.15, 0.2) is 0 Å². The molecule has 0 aliphatic rings. The van der Waals surface area contributed by atoms with Crippen LogP contribution in [0.4, 0.5) is 0 Å². The van der Waals surface area contributed by atoms with Crippen LogP contribution in [0.5, 0.6) is 0 Å². The van der Waals surface area contributed by atoms with Gasteiger partial charge in [0.05, 0.1) is 6.54 Å². The van der Waals surface area contributed by atoms with Crippen molar-refractivity contribution < 1.29 is 14.7 Å². The number of likely N-dealkylation sites (N-methyl/N-ethyl adjacent to an activating group) is 1. The van der Waals surface area contributed by atoms with Gasteiger partial charge < -0.3 is 10.0 Å². The minimum absolute atomic E-state index is 0.0577. The van der Waals surface area contributed by atoms with Crippen molar-refractivity contribution in [2.24, 2.45) is 0 Å². The van der Waals surface area contributed by atoms with Crippen molar-refractivity contribution in [1.82, 2.24) is 10.2 Å². The SMILES string of the molecule is CC(C)N(C)C(=O)CN[C@@H](C)C(=O)O. The molecule has 82 valence electrons. The van der Waals surface area contributed by atoms with Crippen LogP contribution in [0.15, 0.2) is 0 Å². The van der Waals surface area contributed by atoms with Crippen LogP contribution >= 0.6 is 0 Å². The fourth-order valence-electron chi connectivity index (χ4n) is 0.740. The van der Waals surface area contributed by atoms with Gasteiger partial charge in [-0.1, -0.05) is 0 Å². The molecule has 0 bridgehead atoms. The van der Waals surface area contributed by atoms with Gasteiger partial charge in [0, 0.05) is 13.1 Å². The predicted octanol–water partition coefficient (Wildman–Crippen LogP) is -0.0841. The van der Waals surface area contributed by atoms with Crippen molar-refractivity contribution in [2.75, 3.05) is 13.6 Å². The van der Waals surface area contributed by atoms with Gasteiger partial charge in [-0.05, 0) is 20.8 Å². The number of hydrogen-bond donors (Lipinski definition) is 2. The number of amides is 1. The standard InChI is InChI=1S/C9H18N2O3/c1-6(2)11(4)8(12)5-10-7(3)9(13)14/h6-7,10H,5H2,1-4H3,(H,13,14)/t7-/m0/s1. The first kappa shape index (κ1) is 12.9. The van der Waals surface area contributed by atoms with E-state index in [-0.39, 0.29) is 18.5 Å². The number of nitrogens with one attached hydrogen (secondary N) is 1. The number of carboxylic acid groups (broad SMARTS) is 1. The van der Waals surface area contributed by atoms with Crippen LogP contribution in [0.25, 0.3) is 0 Å². The molecule has 0 unspecified atom stereocenters. The summed E-state index contributed by atoms with van der Waals surface area (Å²) in [5.41, 5.74) is 0. The topological polar surface area (TPSA) is 69.6 Å². The zero-order valence-corrected chi connectivity index (χ0v) is 9.07. The summed E-state index contributed by atoms with van der Waals surface area (Å²) in [6.45, 7) is 5.37. The highest BCUT2D eigenvalue weighted by Crippen LogP contribution is 1.93. The van der Waals surface area contributed by atoms with Crippen LogP contribution in [0, 0.1) is 0 Å². The average Bonchev–Trinajstić information content (AvgIpc) is 2.11. The highest BCUT2D eigenvalue weighted by Gasteiger charge is 2.15. The lowest BCUT2D eigenvalue weighted by Gasteiger charge is -2.22. The second-order valence-corrected chi connectivity index (χ2v) is 3.54. The highest BCUT2D eigenvalue weighted by molar-refractivity contribution is 5.79. The zero-order valence-electron chi connectivity index (χ0n) is 9.07. The summed E-state index contributed by atoms with van der Waals surface area (Å²) in [5, 5.41) is 11.2. The second kappa shape index (κ2) is 5.59. The summed E-state index contributed by atoms with van der Waals surface area (Å²) in [4.78, 5) is 23.4. The first-order chi connectivity index (χ1) is 6.36. The van der Waals surface area contributed by atoms with Crippen LogP contribution < -0.4 is 5.32 Å². The minimum Gasteiger partial charge on any atom is -0.480 e. The molecule has 0 rings (SSSR count). The molecule has 0 aliphatic heterocycles. The summed E-state index contributed by atoms with van der Waals surface area (Å²) in [5.74, 6) is -1.06. The molecule has 0 fully saturated rings. The first-order valence-corrected chi connectivity index (χ1v) is 4.58. The van der Waals surface area contributed by atoms with Gasteiger partial charge in [0.1, 0.15) is 6.04 Å². The number of carbonyl (C=O) groups is 2. The number of carbonyl (C=O) groups excluding carboxylic acids is 1. The Morgan fingerprint density at radius 3 is 2.21 bits per heavy atom. The van der Waals surface area contributed by atoms with E-state index in [9.17, 15) is 9.59 Å². The highest BCUT2D eigenvalue weighted by atomic mass is 16.4. The lowest BCUT2D eigenvalue weighted by atomic mass is 10.3. The van der Waals surface area contributed by atoms with Crippen LogP contribution in [0.3, 0.4) is 0 Å². The molecule has 0 saturated carbocycles. The molecule has 5 heteroatoms. The number of aliphatic carboxylic acids is 1. The third-order valence-corrected chi connectivity index (χ3v) is 2.10. The van der Waals surface area contributed by atoms with E-state index in [1.807, 2.05) is 13.8 Å². The van der Waals surface area contributed by atoms with Gasteiger partial charge in [-0.15, -0.1) is 0 Å². The number of hydrogen-bond acceptors (Lipinski definition) is 3. The van der Waals surface area contributed by atoms with E-state index in [1.54, 1.807) is 11.9 Å². The number of nitrogens with zero attached hydrogens (tertiary/aromatic N) is 1. The molecule has 0 heterocycles. The Bertz CT molecular complexity index is 216. The summed E-state index contributed by atoms with van der Waals surface area (Å²) in [7, 11) is 1.69. The van der Waals surface area contributed by atoms with Gasteiger partial charge in [-0.25, -0.2) is 0 Å². The lowest BCUT2D eigenvalue weighted by Crippen LogP contribution is -2.44. The van der Waals surface area contributed by atoms with E-state index in [0.717, 1.165) is 0 Å². The summed E-state index contributed by atoms with van der Waals surface area (Å²) in [6.07, 6.45) is 0. The Kier molecular flexibility index (Phi) is 5.15. The van der Waals surface area contributed by atoms with E-state index in [2.05, 4.69) is 5.32 Å². The second-order valence-electron chi connectivity index (χ2n) is 3.54. The Morgan fingerprint density at radius 2 is 1.86 bits per heavy atom. The fraction of sp³-hybridized carbons (Fsp3) is 0.778. The van der Waals surface area contributed by atoms with Gasteiger partial charge >= 0.3 is 5.97 Å². The molecular formula is C9H18N2O3. The van der Waals surface area contributed by atoms with Crippen molar-refractivity contribution in [1.29, 1.82) is 0 Å². The molecule has 1 amide bonds. The van der Waals surface area contributed by atoms with Crippen LogP contribution in [-0.4, -0.2) is 47.6 Å². The monoisotopic (exact) mass is 202 g/mol. The third kappa shape index (κ3) is 4.23. The molecular weight excluding hydrogens is 184 g/mol. The zero-order chi connectivity index (χ0) is 11.3. The van der Waals surface area contributed by atoms with Crippen molar-refractivity contribution in [2.45, 2.75) is 32.9 Å². The van der Waals surface area contributed by atoms with Crippen molar-refractivity contribution in [3.8, 4) is 0 Å². The van der Waals surface area contributed by atoms with Crippen molar-refractivity contribution >= 4 is 11.9 Å². The molecule has 0 saturated heterocycles. The third-order valence-electron chi connectivity index (χ3n) is 2.10. The Labute approximate surface area is 84.1 Å². The fourth-order valence-corrected chi connectivity index (χ4v) is 0.740. The normalized spacial score (nSPS) is 12.6. The van der Waals surface area contributed by atoms with Crippen LogP contribution in [0.2, 0.25) is 0 Å². The Hall–Kier alpha value is -1.10. The van der Waals surface area contributed by atoms with E-state index >= 15 is 0 Å².